The molecular weight excluding hydrogens is 436 g/mol. The maximum atomic E-state index is 12.8. The molecule has 1 fully saturated rings. The number of aromatic nitrogens is 3. The van der Waals surface area contributed by atoms with Crippen molar-refractivity contribution < 1.29 is 4.79 Å². The van der Waals surface area contributed by atoms with Gasteiger partial charge in [-0.15, -0.1) is 0 Å². The molecular formula is C25H25ClN6O. The summed E-state index contributed by atoms with van der Waals surface area (Å²) in [4.78, 5) is 27.4. The monoisotopic (exact) mass is 460 g/mol. The Morgan fingerprint density at radius 2 is 1.73 bits per heavy atom. The van der Waals surface area contributed by atoms with Gasteiger partial charge >= 0.3 is 6.03 Å². The molecule has 0 aliphatic carbocycles. The number of para-hydroxylation sites is 1. The number of urea groups is 1. The average Bonchev–Trinajstić information content (AvgIpc) is 3.40. The van der Waals surface area contributed by atoms with E-state index in [0.717, 1.165) is 53.2 Å². The molecule has 0 atom stereocenters. The van der Waals surface area contributed by atoms with Gasteiger partial charge in [-0.05, 0) is 43.9 Å². The van der Waals surface area contributed by atoms with Gasteiger partial charge in [0, 0.05) is 49.3 Å². The van der Waals surface area contributed by atoms with Crippen molar-refractivity contribution in [2.24, 2.45) is 0 Å². The number of amides is 2. The number of fused-ring (bicyclic) bond motifs is 1. The van der Waals surface area contributed by atoms with Crippen molar-refractivity contribution in [2.45, 2.75) is 0 Å². The van der Waals surface area contributed by atoms with E-state index in [9.17, 15) is 4.79 Å². The summed E-state index contributed by atoms with van der Waals surface area (Å²) in [6.45, 7) is 3.02. The smallest absolute Gasteiger partial charge is 0.321 e. The maximum Gasteiger partial charge on any atom is 0.324 e. The Bertz CT molecular complexity index is 1290. The van der Waals surface area contributed by atoms with Crippen LogP contribution in [0.3, 0.4) is 0 Å². The van der Waals surface area contributed by atoms with Crippen molar-refractivity contribution in [1.82, 2.24) is 24.3 Å². The van der Waals surface area contributed by atoms with Crippen LogP contribution in [0.4, 0.5) is 10.5 Å². The second kappa shape index (κ2) is 8.84. The first-order valence-electron chi connectivity index (χ1n) is 10.9. The van der Waals surface area contributed by atoms with E-state index in [2.05, 4.69) is 14.9 Å². The van der Waals surface area contributed by atoms with Crippen molar-refractivity contribution in [3.05, 3.63) is 72.3 Å². The summed E-state index contributed by atoms with van der Waals surface area (Å²) in [5.41, 5.74) is 4.59. The van der Waals surface area contributed by atoms with Gasteiger partial charge in [-0.3, -0.25) is 4.90 Å². The first-order valence-corrected chi connectivity index (χ1v) is 11.3. The van der Waals surface area contributed by atoms with Crippen LogP contribution < -0.4 is 4.90 Å². The quantitative estimate of drug-likeness (QED) is 0.396. The van der Waals surface area contributed by atoms with Crippen LogP contribution in [-0.4, -0.2) is 70.6 Å². The van der Waals surface area contributed by atoms with Gasteiger partial charge < -0.3 is 14.4 Å². The molecule has 0 bridgehead atoms. The van der Waals surface area contributed by atoms with Gasteiger partial charge in [0.25, 0.3) is 0 Å². The fourth-order valence-electron chi connectivity index (χ4n) is 4.20. The van der Waals surface area contributed by atoms with E-state index in [-0.39, 0.29) is 6.03 Å². The molecule has 0 spiro atoms. The Labute approximate surface area is 197 Å². The number of anilines is 1. The number of carbonyl (C=O) groups excluding carboxylic acids is 1. The molecule has 1 aliphatic rings. The van der Waals surface area contributed by atoms with E-state index in [4.69, 9.17) is 11.6 Å². The van der Waals surface area contributed by atoms with Crippen molar-refractivity contribution in [3.8, 4) is 16.8 Å². The molecule has 4 aromatic rings. The Morgan fingerprint density at radius 3 is 2.45 bits per heavy atom. The Balaban J connectivity index is 1.47. The highest BCUT2D eigenvalue weighted by Crippen LogP contribution is 2.36. The summed E-state index contributed by atoms with van der Waals surface area (Å²) in [7, 11) is 4.03. The zero-order valence-corrected chi connectivity index (χ0v) is 19.4. The molecule has 168 valence electrons. The third kappa shape index (κ3) is 4.05. The molecule has 1 aliphatic heterocycles. The molecule has 0 unspecified atom stereocenters. The number of likely N-dealkylation sites (N-methyl/N-ethyl adjacent to an activating group) is 1. The highest BCUT2D eigenvalue weighted by atomic mass is 35.5. The summed E-state index contributed by atoms with van der Waals surface area (Å²) in [5.74, 6) is 0. The number of halogens is 1. The first-order chi connectivity index (χ1) is 16.0. The molecule has 0 N–H and O–H groups in total. The predicted octanol–water partition coefficient (Wildman–Crippen LogP) is 4.54. The van der Waals surface area contributed by atoms with Gasteiger partial charge in [-0.1, -0.05) is 41.9 Å². The van der Waals surface area contributed by atoms with Crippen LogP contribution in [0.5, 0.6) is 0 Å². The van der Waals surface area contributed by atoms with Crippen LogP contribution in [0.1, 0.15) is 0 Å². The van der Waals surface area contributed by atoms with Gasteiger partial charge in [0.15, 0.2) is 0 Å². The Hall–Kier alpha value is -3.42. The van der Waals surface area contributed by atoms with Crippen molar-refractivity contribution in [3.63, 3.8) is 0 Å². The average molecular weight is 461 g/mol. The molecule has 8 heteroatoms. The number of nitrogens with zero attached hydrogens (tertiary/aromatic N) is 6. The molecule has 2 aromatic carbocycles. The molecule has 7 nitrogen and oxygen atoms in total. The fourth-order valence-corrected chi connectivity index (χ4v) is 4.43. The van der Waals surface area contributed by atoms with Crippen LogP contribution in [0.15, 0.2) is 67.1 Å². The molecule has 2 aromatic heterocycles. The predicted molar refractivity (Wildman–Crippen MR) is 132 cm³/mol. The van der Waals surface area contributed by atoms with Crippen molar-refractivity contribution >= 4 is 34.4 Å². The van der Waals surface area contributed by atoms with Gasteiger partial charge in [0.2, 0.25) is 0 Å². The molecule has 5 rings (SSSR count). The lowest BCUT2D eigenvalue weighted by Gasteiger charge is -2.20. The number of hydrogen-bond acceptors (Lipinski definition) is 4. The van der Waals surface area contributed by atoms with Crippen LogP contribution in [0, 0.1) is 0 Å². The van der Waals surface area contributed by atoms with E-state index in [1.165, 1.54) is 6.33 Å². The second-order valence-electron chi connectivity index (χ2n) is 8.38. The van der Waals surface area contributed by atoms with Gasteiger partial charge in [-0.2, -0.15) is 0 Å². The zero-order chi connectivity index (χ0) is 22.9. The van der Waals surface area contributed by atoms with Crippen LogP contribution in [-0.2, 0) is 0 Å². The minimum absolute atomic E-state index is 0.0572. The minimum Gasteiger partial charge on any atom is -0.321 e. The molecule has 2 amide bonds. The van der Waals surface area contributed by atoms with E-state index in [1.54, 1.807) is 0 Å². The summed E-state index contributed by atoms with van der Waals surface area (Å²) in [6.07, 6.45) is 3.53. The summed E-state index contributed by atoms with van der Waals surface area (Å²) >= 11 is 6.51. The largest absolute Gasteiger partial charge is 0.324 e. The fraction of sp³-hybridized carbons (Fsp3) is 0.240. The van der Waals surface area contributed by atoms with Crippen LogP contribution in [0.2, 0.25) is 5.15 Å². The van der Waals surface area contributed by atoms with Gasteiger partial charge in [0.05, 0.1) is 5.39 Å². The molecule has 33 heavy (non-hydrogen) atoms. The van der Waals surface area contributed by atoms with E-state index >= 15 is 0 Å². The third-order valence-corrected chi connectivity index (χ3v) is 6.26. The lowest BCUT2D eigenvalue weighted by atomic mass is 10.1. The van der Waals surface area contributed by atoms with Crippen molar-refractivity contribution in [2.75, 3.05) is 45.2 Å². The highest BCUT2D eigenvalue weighted by Gasteiger charge is 2.29. The van der Waals surface area contributed by atoms with E-state index in [1.807, 2.05) is 89.3 Å². The highest BCUT2D eigenvalue weighted by molar-refractivity contribution is 6.35. The summed E-state index contributed by atoms with van der Waals surface area (Å²) in [6, 6.07) is 18.1. The molecule has 3 heterocycles. The standard InChI is InChI=1S/C25H25ClN6O/c1-29(2)12-13-30-14-15-31(25(30)33)20-10-8-18(9-11-20)21-16-32(19-6-4-3-5-7-19)24-22(21)23(26)27-17-28-24/h3-11,16-17H,12-15H2,1-2H3. The van der Waals surface area contributed by atoms with E-state index in [0.29, 0.717) is 11.7 Å². The second-order valence-corrected chi connectivity index (χ2v) is 8.74. The number of benzene rings is 2. The lowest BCUT2D eigenvalue weighted by molar-refractivity contribution is 0.215. The Morgan fingerprint density at radius 1 is 0.970 bits per heavy atom. The molecule has 1 saturated heterocycles. The van der Waals surface area contributed by atoms with Crippen LogP contribution in [0.25, 0.3) is 27.8 Å². The van der Waals surface area contributed by atoms with Crippen LogP contribution >= 0.6 is 11.6 Å². The lowest BCUT2D eigenvalue weighted by Crippen LogP contribution is -2.36. The zero-order valence-electron chi connectivity index (χ0n) is 18.6. The molecule has 0 radical (unpaired) electrons. The number of hydrogen-bond donors (Lipinski definition) is 0. The normalized spacial score (nSPS) is 14.1. The van der Waals surface area contributed by atoms with E-state index < -0.39 is 0 Å². The van der Waals surface area contributed by atoms with Gasteiger partial charge in [0.1, 0.15) is 17.1 Å². The SMILES string of the molecule is CN(C)CCN1CCN(c2ccc(-c3cn(-c4ccccc4)c4ncnc(Cl)c34)cc2)C1=O. The third-order valence-electron chi connectivity index (χ3n) is 5.97. The topological polar surface area (TPSA) is 57.5 Å². The molecule has 0 saturated carbocycles. The maximum absolute atomic E-state index is 12.8. The number of carbonyl (C=O) groups is 1. The van der Waals surface area contributed by atoms with Gasteiger partial charge in [-0.25, -0.2) is 14.8 Å². The van der Waals surface area contributed by atoms with Crippen molar-refractivity contribution in [1.29, 1.82) is 0 Å². The number of rotatable bonds is 6. The summed E-state index contributed by atoms with van der Waals surface area (Å²) in [5, 5.41) is 1.22. The summed E-state index contributed by atoms with van der Waals surface area (Å²) < 4.78 is 2.03. The first kappa shape index (κ1) is 21.4. The minimum atomic E-state index is 0.0572. The Kier molecular flexibility index (Phi) is 5.74.